The van der Waals surface area contributed by atoms with E-state index in [9.17, 15) is 4.79 Å². The maximum absolute atomic E-state index is 11.9. The maximum atomic E-state index is 11.9. The Morgan fingerprint density at radius 2 is 2.11 bits per heavy atom. The maximum Gasteiger partial charge on any atom is 0.350 e. The Balaban J connectivity index is 3.21. The molecule has 1 aromatic heterocycles. The zero-order valence-electron chi connectivity index (χ0n) is 11.7. The molecule has 0 aliphatic heterocycles. The lowest BCUT2D eigenvalue weighted by Crippen LogP contribution is -2.31. The highest BCUT2D eigenvalue weighted by Crippen LogP contribution is 2.32. The largest absolute Gasteiger partial charge is 0.462 e. The second-order valence-electron chi connectivity index (χ2n) is 4.88. The molecule has 0 saturated carbocycles. The van der Waals surface area contributed by atoms with Gasteiger partial charge in [0, 0.05) is 0 Å². The zero-order valence-corrected chi connectivity index (χ0v) is 12.6. The Morgan fingerprint density at radius 1 is 1.50 bits per heavy atom. The standard InChI is InChI=1S/C13H22N2O2S/c1-6-13(5,14)12-15-9(8(3)4)10(18-12)11(16)17-7-2/h8H,6-7,14H2,1-5H3. The van der Waals surface area contributed by atoms with Crippen LogP contribution in [0.3, 0.4) is 0 Å². The molecule has 0 saturated heterocycles. The first kappa shape index (κ1) is 15.1. The van der Waals surface area contributed by atoms with E-state index in [0.717, 1.165) is 17.1 Å². The van der Waals surface area contributed by atoms with Crippen molar-refractivity contribution in [3.63, 3.8) is 0 Å². The number of hydrogen-bond acceptors (Lipinski definition) is 5. The van der Waals surface area contributed by atoms with Crippen LogP contribution in [0.1, 0.15) is 67.3 Å². The summed E-state index contributed by atoms with van der Waals surface area (Å²) in [4.78, 5) is 17.0. The molecule has 2 N–H and O–H groups in total. The van der Waals surface area contributed by atoms with Crippen LogP contribution in [0, 0.1) is 0 Å². The molecule has 1 aromatic rings. The van der Waals surface area contributed by atoms with E-state index < -0.39 is 5.54 Å². The Hall–Kier alpha value is -0.940. The van der Waals surface area contributed by atoms with Gasteiger partial charge in [0.2, 0.25) is 0 Å². The summed E-state index contributed by atoms with van der Waals surface area (Å²) in [6, 6.07) is 0. The van der Waals surface area contributed by atoms with Crippen LogP contribution in [0.4, 0.5) is 0 Å². The fraction of sp³-hybridized carbons (Fsp3) is 0.692. The van der Waals surface area contributed by atoms with Crippen LogP contribution < -0.4 is 5.73 Å². The number of rotatable bonds is 5. The minimum absolute atomic E-state index is 0.182. The van der Waals surface area contributed by atoms with Crippen LogP contribution in [-0.4, -0.2) is 17.6 Å². The molecule has 102 valence electrons. The van der Waals surface area contributed by atoms with Gasteiger partial charge >= 0.3 is 5.97 Å². The van der Waals surface area contributed by atoms with Gasteiger partial charge < -0.3 is 10.5 Å². The Morgan fingerprint density at radius 3 is 2.56 bits per heavy atom. The van der Waals surface area contributed by atoms with Crippen LogP contribution in [0.15, 0.2) is 0 Å². The summed E-state index contributed by atoms with van der Waals surface area (Å²) in [5.74, 6) is -0.112. The van der Waals surface area contributed by atoms with Crippen molar-refractivity contribution < 1.29 is 9.53 Å². The molecule has 0 fully saturated rings. The fourth-order valence-corrected chi connectivity index (χ4v) is 2.70. The average molecular weight is 270 g/mol. The summed E-state index contributed by atoms with van der Waals surface area (Å²) in [5.41, 5.74) is 6.49. The van der Waals surface area contributed by atoms with Gasteiger partial charge in [-0.1, -0.05) is 20.8 Å². The van der Waals surface area contributed by atoms with E-state index in [1.165, 1.54) is 11.3 Å². The van der Waals surface area contributed by atoms with Crippen LogP contribution in [0.2, 0.25) is 0 Å². The van der Waals surface area contributed by atoms with Gasteiger partial charge in [-0.15, -0.1) is 11.3 Å². The van der Waals surface area contributed by atoms with E-state index in [0.29, 0.717) is 11.5 Å². The number of carbonyl (C=O) groups excluding carboxylic acids is 1. The van der Waals surface area contributed by atoms with Crippen molar-refractivity contribution in [3.05, 3.63) is 15.6 Å². The lowest BCUT2D eigenvalue weighted by molar-refractivity contribution is 0.0530. The number of aromatic nitrogens is 1. The molecular formula is C13H22N2O2S. The van der Waals surface area contributed by atoms with Gasteiger partial charge in [-0.25, -0.2) is 9.78 Å². The van der Waals surface area contributed by atoms with Gasteiger partial charge in [-0.2, -0.15) is 0 Å². The molecule has 1 heterocycles. The predicted octanol–water partition coefficient (Wildman–Crippen LogP) is 3.03. The van der Waals surface area contributed by atoms with Crippen molar-refractivity contribution in [2.45, 2.75) is 52.5 Å². The first-order valence-corrected chi connectivity index (χ1v) is 7.12. The first-order valence-electron chi connectivity index (χ1n) is 6.30. The topological polar surface area (TPSA) is 65.2 Å². The minimum atomic E-state index is -0.487. The average Bonchev–Trinajstić information content (AvgIpc) is 2.75. The van der Waals surface area contributed by atoms with Crippen molar-refractivity contribution >= 4 is 17.3 Å². The van der Waals surface area contributed by atoms with Crippen LogP contribution in [-0.2, 0) is 10.3 Å². The second kappa shape index (κ2) is 5.80. The first-order chi connectivity index (χ1) is 8.33. The minimum Gasteiger partial charge on any atom is -0.462 e. The molecule has 1 rings (SSSR count). The molecule has 0 radical (unpaired) electrons. The van der Waals surface area contributed by atoms with Crippen LogP contribution >= 0.6 is 11.3 Å². The zero-order chi connectivity index (χ0) is 13.9. The van der Waals surface area contributed by atoms with Crippen molar-refractivity contribution in [1.82, 2.24) is 4.98 Å². The molecule has 0 aliphatic carbocycles. The second-order valence-corrected chi connectivity index (χ2v) is 5.88. The monoisotopic (exact) mass is 270 g/mol. The molecule has 0 spiro atoms. The summed E-state index contributed by atoms with van der Waals surface area (Å²) in [6.07, 6.45) is 0.778. The third kappa shape index (κ3) is 3.09. The lowest BCUT2D eigenvalue weighted by Gasteiger charge is -2.19. The highest BCUT2D eigenvalue weighted by atomic mass is 32.1. The quantitative estimate of drug-likeness (QED) is 0.835. The highest BCUT2D eigenvalue weighted by molar-refractivity contribution is 7.13. The molecule has 1 atom stereocenters. The number of carbonyl (C=O) groups is 1. The van der Waals surface area contributed by atoms with E-state index in [2.05, 4.69) is 4.98 Å². The number of ether oxygens (including phenoxy) is 1. The Kier molecular flexibility index (Phi) is 4.87. The molecule has 18 heavy (non-hydrogen) atoms. The van der Waals surface area contributed by atoms with Crippen LogP contribution in [0.25, 0.3) is 0 Å². The number of nitrogens with zero attached hydrogens (tertiary/aromatic N) is 1. The van der Waals surface area contributed by atoms with Gasteiger partial charge in [0.1, 0.15) is 9.88 Å². The summed E-state index contributed by atoms with van der Waals surface area (Å²) in [5, 5.41) is 0.803. The predicted molar refractivity (Wildman–Crippen MR) is 74.0 cm³/mol. The van der Waals surface area contributed by atoms with Gasteiger partial charge in [0.25, 0.3) is 0 Å². The number of thiazole rings is 1. The summed E-state index contributed by atoms with van der Waals surface area (Å²) < 4.78 is 5.07. The molecule has 0 bridgehead atoms. The summed E-state index contributed by atoms with van der Waals surface area (Å²) in [7, 11) is 0. The summed E-state index contributed by atoms with van der Waals surface area (Å²) in [6.45, 7) is 10.2. The van der Waals surface area contributed by atoms with E-state index in [4.69, 9.17) is 10.5 Å². The van der Waals surface area contributed by atoms with E-state index in [1.807, 2.05) is 27.7 Å². The van der Waals surface area contributed by atoms with Gasteiger partial charge in [-0.05, 0) is 26.2 Å². The van der Waals surface area contributed by atoms with Gasteiger partial charge in [0.15, 0.2) is 0 Å². The fourth-order valence-electron chi connectivity index (χ4n) is 1.46. The SMILES string of the molecule is CCOC(=O)c1sc(C(C)(N)CC)nc1C(C)C. The van der Waals surface area contributed by atoms with Crippen LogP contribution in [0.5, 0.6) is 0 Å². The Labute approximate surface area is 113 Å². The molecule has 5 heteroatoms. The van der Waals surface area contributed by atoms with Crippen molar-refractivity contribution in [1.29, 1.82) is 0 Å². The number of hydrogen-bond donors (Lipinski definition) is 1. The highest BCUT2D eigenvalue weighted by Gasteiger charge is 2.28. The van der Waals surface area contributed by atoms with E-state index in [1.54, 1.807) is 6.92 Å². The molecular weight excluding hydrogens is 248 g/mol. The van der Waals surface area contributed by atoms with Crippen molar-refractivity contribution in [2.24, 2.45) is 5.73 Å². The third-order valence-corrected chi connectivity index (χ3v) is 4.21. The normalized spacial score (nSPS) is 14.6. The van der Waals surface area contributed by atoms with Crippen molar-refractivity contribution in [2.75, 3.05) is 6.61 Å². The van der Waals surface area contributed by atoms with E-state index in [-0.39, 0.29) is 11.9 Å². The number of esters is 1. The van der Waals surface area contributed by atoms with E-state index >= 15 is 0 Å². The number of nitrogens with two attached hydrogens (primary N) is 1. The molecule has 1 unspecified atom stereocenters. The summed E-state index contributed by atoms with van der Waals surface area (Å²) >= 11 is 1.36. The molecule has 0 aliphatic rings. The van der Waals surface area contributed by atoms with Gasteiger partial charge in [-0.3, -0.25) is 0 Å². The smallest absolute Gasteiger partial charge is 0.350 e. The third-order valence-electron chi connectivity index (χ3n) is 2.88. The Bertz CT molecular complexity index is 425. The van der Waals surface area contributed by atoms with Gasteiger partial charge in [0.05, 0.1) is 17.8 Å². The molecule has 4 nitrogen and oxygen atoms in total. The lowest BCUT2D eigenvalue weighted by atomic mass is 10.0. The molecule has 0 aromatic carbocycles. The molecule has 0 amide bonds. The van der Waals surface area contributed by atoms with Crippen molar-refractivity contribution in [3.8, 4) is 0 Å².